The highest BCUT2D eigenvalue weighted by molar-refractivity contribution is 7.18. The third-order valence-corrected chi connectivity index (χ3v) is 7.04. The number of rotatable bonds is 4. The van der Waals surface area contributed by atoms with Crippen LogP contribution in [0.1, 0.15) is 31.4 Å². The normalized spacial score (nSPS) is 19.1. The van der Waals surface area contributed by atoms with E-state index in [-0.39, 0.29) is 12.1 Å². The van der Waals surface area contributed by atoms with Crippen molar-refractivity contribution < 1.29 is 0 Å². The third kappa shape index (κ3) is 3.80. The second-order valence-corrected chi connectivity index (χ2v) is 8.96. The molecule has 1 aliphatic rings. The predicted octanol–water partition coefficient (Wildman–Crippen LogP) is 5.41. The van der Waals surface area contributed by atoms with Crippen molar-refractivity contribution in [2.75, 3.05) is 5.32 Å². The predicted molar refractivity (Wildman–Crippen MR) is 125 cm³/mol. The van der Waals surface area contributed by atoms with Crippen LogP contribution < -0.4 is 11.1 Å². The van der Waals surface area contributed by atoms with Gasteiger partial charge >= 0.3 is 0 Å². The Morgan fingerprint density at radius 2 is 1.83 bits per heavy atom. The van der Waals surface area contributed by atoms with Crippen molar-refractivity contribution in [1.82, 2.24) is 15.0 Å². The molecule has 5 rings (SSSR count). The highest BCUT2D eigenvalue weighted by atomic mass is 32.1. The largest absolute Gasteiger partial charge is 0.350 e. The van der Waals surface area contributed by atoms with E-state index in [0.717, 1.165) is 39.7 Å². The molecule has 5 nitrogen and oxygen atoms in total. The number of hydrogen-bond acceptors (Lipinski definition) is 6. The molecule has 0 radical (unpaired) electrons. The summed E-state index contributed by atoms with van der Waals surface area (Å²) in [7, 11) is 0. The van der Waals surface area contributed by atoms with E-state index in [0.29, 0.717) is 5.95 Å². The number of anilines is 1. The fraction of sp³-hybridized carbons (Fsp3) is 0.292. The molecule has 4 aromatic rings. The van der Waals surface area contributed by atoms with Crippen molar-refractivity contribution in [3.8, 4) is 21.1 Å². The Labute approximate surface area is 180 Å². The van der Waals surface area contributed by atoms with E-state index in [4.69, 9.17) is 15.7 Å². The lowest BCUT2D eigenvalue weighted by Crippen LogP contribution is -2.42. The Morgan fingerprint density at radius 1 is 1.00 bits per heavy atom. The zero-order chi connectivity index (χ0) is 20.5. The molecule has 1 saturated carbocycles. The van der Waals surface area contributed by atoms with Crippen molar-refractivity contribution in [3.05, 3.63) is 60.4 Å². The molecule has 0 unspecified atom stereocenters. The highest BCUT2D eigenvalue weighted by Crippen LogP contribution is 2.35. The van der Waals surface area contributed by atoms with Crippen molar-refractivity contribution in [2.45, 2.75) is 44.7 Å². The van der Waals surface area contributed by atoms with Crippen LogP contribution in [0.15, 0.2) is 54.7 Å². The summed E-state index contributed by atoms with van der Waals surface area (Å²) < 4.78 is 0. The van der Waals surface area contributed by atoms with Gasteiger partial charge in [-0.3, -0.25) is 0 Å². The lowest BCUT2D eigenvalue weighted by molar-refractivity contribution is 0.402. The van der Waals surface area contributed by atoms with Gasteiger partial charge in [0.25, 0.3) is 0 Å². The Bertz CT molecular complexity index is 1190. The first kappa shape index (κ1) is 19.2. The molecule has 0 saturated heterocycles. The molecule has 1 fully saturated rings. The SMILES string of the molecule is Cc1nc(-c2ccc3ccccc3c2)sc1-c1ccnc(N[C@@H]2CCCC[C@@H]2N)n1. The van der Waals surface area contributed by atoms with Gasteiger partial charge < -0.3 is 11.1 Å². The Balaban J connectivity index is 1.44. The average molecular weight is 416 g/mol. The van der Waals surface area contributed by atoms with E-state index in [1.54, 1.807) is 11.3 Å². The highest BCUT2D eigenvalue weighted by Gasteiger charge is 2.22. The maximum Gasteiger partial charge on any atom is 0.223 e. The first-order chi connectivity index (χ1) is 14.7. The van der Waals surface area contributed by atoms with E-state index in [2.05, 4.69) is 52.8 Å². The van der Waals surface area contributed by atoms with Gasteiger partial charge in [0, 0.05) is 23.8 Å². The van der Waals surface area contributed by atoms with Gasteiger partial charge in [-0.25, -0.2) is 15.0 Å². The summed E-state index contributed by atoms with van der Waals surface area (Å²) >= 11 is 1.68. The number of aryl methyl sites for hydroxylation is 1. The maximum atomic E-state index is 6.28. The monoisotopic (exact) mass is 415 g/mol. The molecule has 2 atom stereocenters. The standard InChI is InChI=1S/C24H25N5S/c1-15-22(21-12-13-26-24(29-21)28-20-9-5-4-8-19(20)25)30-23(27-15)18-11-10-16-6-2-3-7-17(16)14-18/h2-3,6-7,10-14,19-20H,4-5,8-9,25H2,1H3,(H,26,28,29)/t19-,20+/m0/s1. The van der Waals surface area contributed by atoms with Crippen LogP contribution in [0.5, 0.6) is 0 Å². The molecule has 152 valence electrons. The fourth-order valence-electron chi connectivity index (χ4n) is 4.14. The summed E-state index contributed by atoms with van der Waals surface area (Å²) in [5.41, 5.74) is 9.30. The molecular formula is C24H25N5S. The molecule has 2 aromatic carbocycles. The number of nitrogens with zero attached hydrogens (tertiary/aromatic N) is 3. The molecule has 2 aromatic heterocycles. The van der Waals surface area contributed by atoms with Crippen molar-refractivity contribution in [2.24, 2.45) is 5.73 Å². The van der Waals surface area contributed by atoms with E-state index in [1.165, 1.54) is 23.6 Å². The van der Waals surface area contributed by atoms with Crippen LogP contribution in [-0.2, 0) is 0 Å². The summed E-state index contributed by atoms with van der Waals surface area (Å²) in [5, 5.41) is 6.93. The van der Waals surface area contributed by atoms with E-state index in [1.807, 2.05) is 19.2 Å². The van der Waals surface area contributed by atoms with Gasteiger partial charge in [0.2, 0.25) is 5.95 Å². The number of nitrogens with two attached hydrogens (primary N) is 1. The molecule has 0 aliphatic heterocycles. The van der Waals surface area contributed by atoms with Crippen LogP contribution in [0.2, 0.25) is 0 Å². The van der Waals surface area contributed by atoms with Crippen LogP contribution in [0.25, 0.3) is 31.9 Å². The Hall–Kier alpha value is -2.83. The first-order valence-corrected chi connectivity index (χ1v) is 11.3. The smallest absolute Gasteiger partial charge is 0.223 e. The number of hydrogen-bond donors (Lipinski definition) is 2. The van der Waals surface area contributed by atoms with Crippen LogP contribution >= 0.6 is 11.3 Å². The van der Waals surface area contributed by atoms with E-state index < -0.39 is 0 Å². The van der Waals surface area contributed by atoms with Crippen molar-refractivity contribution in [3.63, 3.8) is 0 Å². The molecule has 2 heterocycles. The number of thiazole rings is 1. The van der Waals surface area contributed by atoms with Gasteiger partial charge in [0.1, 0.15) is 5.01 Å². The zero-order valence-electron chi connectivity index (χ0n) is 17.0. The van der Waals surface area contributed by atoms with Gasteiger partial charge in [-0.2, -0.15) is 0 Å². The summed E-state index contributed by atoms with van der Waals surface area (Å²) in [6.07, 6.45) is 6.35. The summed E-state index contributed by atoms with van der Waals surface area (Å²) in [6.45, 7) is 2.04. The molecule has 30 heavy (non-hydrogen) atoms. The van der Waals surface area contributed by atoms with E-state index >= 15 is 0 Å². The van der Waals surface area contributed by atoms with Gasteiger partial charge in [-0.05, 0) is 42.7 Å². The summed E-state index contributed by atoms with van der Waals surface area (Å²) in [5.74, 6) is 0.648. The van der Waals surface area contributed by atoms with E-state index in [9.17, 15) is 0 Å². The number of aromatic nitrogens is 3. The molecule has 0 bridgehead atoms. The molecule has 0 amide bonds. The summed E-state index contributed by atoms with van der Waals surface area (Å²) in [6, 6.07) is 17.3. The lowest BCUT2D eigenvalue weighted by Gasteiger charge is -2.29. The minimum Gasteiger partial charge on any atom is -0.350 e. The second-order valence-electron chi connectivity index (χ2n) is 7.96. The van der Waals surface area contributed by atoms with Gasteiger partial charge in [0.05, 0.1) is 16.3 Å². The number of fused-ring (bicyclic) bond motifs is 1. The molecule has 6 heteroatoms. The quantitative estimate of drug-likeness (QED) is 0.466. The number of nitrogens with one attached hydrogen (secondary N) is 1. The minimum atomic E-state index is 0.163. The Morgan fingerprint density at radius 3 is 2.70 bits per heavy atom. The first-order valence-electron chi connectivity index (χ1n) is 10.5. The van der Waals surface area contributed by atoms with Crippen LogP contribution in [0.3, 0.4) is 0 Å². The topological polar surface area (TPSA) is 76.7 Å². The Kier molecular flexibility index (Phi) is 5.19. The van der Waals surface area contributed by atoms with Crippen molar-refractivity contribution >= 4 is 28.1 Å². The molecule has 3 N–H and O–H groups in total. The van der Waals surface area contributed by atoms with Gasteiger partial charge in [-0.15, -0.1) is 11.3 Å². The van der Waals surface area contributed by atoms with Crippen molar-refractivity contribution in [1.29, 1.82) is 0 Å². The van der Waals surface area contributed by atoms with Crippen LogP contribution in [0, 0.1) is 6.92 Å². The second kappa shape index (κ2) is 8.13. The van der Waals surface area contributed by atoms with Gasteiger partial charge in [0.15, 0.2) is 0 Å². The molecule has 1 aliphatic carbocycles. The fourth-order valence-corrected chi connectivity index (χ4v) is 5.17. The minimum absolute atomic E-state index is 0.163. The lowest BCUT2D eigenvalue weighted by atomic mass is 9.91. The summed E-state index contributed by atoms with van der Waals surface area (Å²) in [4.78, 5) is 15.1. The number of benzene rings is 2. The average Bonchev–Trinajstić information content (AvgIpc) is 3.17. The molecular weight excluding hydrogens is 390 g/mol. The van der Waals surface area contributed by atoms with Crippen LogP contribution in [0.4, 0.5) is 5.95 Å². The zero-order valence-corrected chi connectivity index (χ0v) is 17.8. The molecule has 0 spiro atoms. The van der Waals surface area contributed by atoms with Crippen LogP contribution in [-0.4, -0.2) is 27.0 Å². The van der Waals surface area contributed by atoms with Gasteiger partial charge in [-0.1, -0.05) is 49.2 Å². The third-order valence-electron chi connectivity index (χ3n) is 5.82. The maximum absolute atomic E-state index is 6.28.